The van der Waals surface area contributed by atoms with E-state index in [9.17, 15) is 14.4 Å². The Kier molecular flexibility index (Phi) is 4.50. The number of amides is 4. The number of hydrogen-bond donors (Lipinski definition) is 1. The Morgan fingerprint density at radius 1 is 1.04 bits per heavy atom. The molecule has 0 aliphatic carbocycles. The highest BCUT2D eigenvalue weighted by Crippen LogP contribution is 2.24. The maximum atomic E-state index is 12.9. The van der Waals surface area contributed by atoms with Gasteiger partial charge >= 0.3 is 6.03 Å². The summed E-state index contributed by atoms with van der Waals surface area (Å²) in [5.41, 5.74) is 4.19. The number of barbiturate groups is 1. The standard InChI is InChI=1S/C20H21N3O3/c1-5-22-13(3)10-15(14(22)4)11-17-18(24)21-20(26)23(19(17)25)16-8-6-12(2)7-9-16/h6-11H,5H2,1-4H3,(H,21,24,26)/b17-11+. The van der Waals surface area contributed by atoms with Crippen molar-refractivity contribution in [3.05, 3.63) is 58.4 Å². The molecule has 0 saturated carbocycles. The van der Waals surface area contributed by atoms with Gasteiger partial charge in [-0.15, -0.1) is 0 Å². The van der Waals surface area contributed by atoms with Crippen LogP contribution < -0.4 is 10.2 Å². The van der Waals surface area contributed by atoms with E-state index < -0.39 is 17.8 Å². The molecule has 2 heterocycles. The minimum absolute atomic E-state index is 0.0541. The van der Waals surface area contributed by atoms with E-state index in [0.29, 0.717) is 5.69 Å². The number of anilines is 1. The quantitative estimate of drug-likeness (QED) is 0.682. The van der Waals surface area contributed by atoms with Gasteiger partial charge in [0.25, 0.3) is 11.8 Å². The molecule has 0 bridgehead atoms. The summed E-state index contributed by atoms with van der Waals surface area (Å²) in [5.74, 6) is -1.30. The predicted octanol–water partition coefficient (Wildman–Crippen LogP) is 3.10. The molecule has 1 saturated heterocycles. The molecule has 1 aliphatic rings. The first-order valence-corrected chi connectivity index (χ1v) is 8.48. The van der Waals surface area contributed by atoms with E-state index in [2.05, 4.69) is 9.88 Å². The van der Waals surface area contributed by atoms with Gasteiger partial charge in [-0.1, -0.05) is 17.7 Å². The van der Waals surface area contributed by atoms with E-state index in [-0.39, 0.29) is 5.57 Å². The summed E-state index contributed by atoms with van der Waals surface area (Å²) in [5, 5.41) is 2.25. The van der Waals surface area contributed by atoms with Crippen LogP contribution in [0.25, 0.3) is 6.08 Å². The minimum Gasteiger partial charge on any atom is -0.349 e. The summed E-state index contributed by atoms with van der Waals surface area (Å²) in [7, 11) is 0. The van der Waals surface area contributed by atoms with Gasteiger partial charge in [-0.2, -0.15) is 0 Å². The summed E-state index contributed by atoms with van der Waals surface area (Å²) >= 11 is 0. The number of nitrogens with one attached hydrogen (secondary N) is 1. The number of aromatic nitrogens is 1. The molecule has 6 nitrogen and oxygen atoms in total. The summed E-state index contributed by atoms with van der Waals surface area (Å²) < 4.78 is 2.10. The SMILES string of the molecule is CCn1c(C)cc(/C=C2\C(=O)NC(=O)N(c3ccc(C)cc3)C2=O)c1C. The molecule has 1 N–H and O–H groups in total. The fourth-order valence-corrected chi connectivity index (χ4v) is 3.20. The number of aryl methyl sites for hydroxylation is 2. The second-order valence-corrected chi connectivity index (χ2v) is 6.36. The molecule has 4 amide bonds. The van der Waals surface area contributed by atoms with E-state index in [1.165, 1.54) is 0 Å². The molecular formula is C20H21N3O3. The van der Waals surface area contributed by atoms with Gasteiger partial charge < -0.3 is 4.57 Å². The van der Waals surface area contributed by atoms with Gasteiger partial charge in [0, 0.05) is 17.9 Å². The summed E-state index contributed by atoms with van der Waals surface area (Å²) in [6.07, 6.45) is 1.56. The van der Waals surface area contributed by atoms with Crippen LogP contribution in [-0.4, -0.2) is 22.4 Å². The zero-order valence-electron chi connectivity index (χ0n) is 15.3. The van der Waals surface area contributed by atoms with Crippen molar-refractivity contribution in [3.8, 4) is 0 Å². The van der Waals surface area contributed by atoms with Crippen LogP contribution in [0.3, 0.4) is 0 Å². The Labute approximate surface area is 152 Å². The van der Waals surface area contributed by atoms with Gasteiger partial charge in [-0.3, -0.25) is 14.9 Å². The Balaban J connectivity index is 2.04. The lowest BCUT2D eigenvalue weighted by molar-refractivity contribution is -0.122. The third kappa shape index (κ3) is 2.94. The third-order valence-corrected chi connectivity index (χ3v) is 4.62. The van der Waals surface area contributed by atoms with Gasteiger partial charge in [0.15, 0.2) is 0 Å². The van der Waals surface area contributed by atoms with Gasteiger partial charge in [-0.05, 0) is 57.5 Å². The third-order valence-electron chi connectivity index (χ3n) is 4.62. The molecule has 134 valence electrons. The average molecular weight is 351 g/mol. The van der Waals surface area contributed by atoms with Crippen molar-refractivity contribution in [3.63, 3.8) is 0 Å². The monoisotopic (exact) mass is 351 g/mol. The maximum Gasteiger partial charge on any atom is 0.335 e. The average Bonchev–Trinajstić information content (AvgIpc) is 2.86. The van der Waals surface area contributed by atoms with E-state index in [0.717, 1.165) is 34.0 Å². The number of imide groups is 2. The molecule has 0 spiro atoms. The highest BCUT2D eigenvalue weighted by Gasteiger charge is 2.36. The number of carbonyl (C=O) groups excluding carboxylic acids is 3. The largest absolute Gasteiger partial charge is 0.349 e. The number of benzene rings is 1. The molecule has 1 aromatic heterocycles. The number of hydrogen-bond acceptors (Lipinski definition) is 3. The van der Waals surface area contributed by atoms with Crippen molar-refractivity contribution < 1.29 is 14.4 Å². The lowest BCUT2D eigenvalue weighted by atomic mass is 10.1. The number of urea groups is 1. The lowest BCUT2D eigenvalue weighted by Gasteiger charge is -2.26. The Hall–Kier alpha value is -3.15. The zero-order chi connectivity index (χ0) is 19.0. The van der Waals surface area contributed by atoms with Crippen molar-refractivity contribution >= 4 is 29.6 Å². The summed E-state index contributed by atoms with van der Waals surface area (Å²) in [6.45, 7) is 8.67. The van der Waals surface area contributed by atoms with Crippen molar-refractivity contribution in [1.82, 2.24) is 9.88 Å². The summed E-state index contributed by atoms with van der Waals surface area (Å²) in [4.78, 5) is 38.3. The molecule has 1 fully saturated rings. The van der Waals surface area contributed by atoms with Crippen LogP contribution in [0.15, 0.2) is 35.9 Å². The molecular weight excluding hydrogens is 330 g/mol. The van der Waals surface area contributed by atoms with Gasteiger partial charge in [0.05, 0.1) is 5.69 Å². The van der Waals surface area contributed by atoms with Gasteiger partial charge in [0.1, 0.15) is 5.57 Å². The Morgan fingerprint density at radius 3 is 2.27 bits per heavy atom. The van der Waals surface area contributed by atoms with Crippen LogP contribution in [0.1, 0.15) is 29.4 Å². The van der Waals surface area contributed by atoms with Crippen LogP contribution >= 0.6 is 0 Å². The zero-order valence-corrected chi connectivity index (χ0v) is 15.3. The van der Waals surface area contributed by atoms with E-state index in [1.54, 1.807) is 18.2 Å². The molecule has 0 radical (unpaired) electrons. The fourth-order valence-electron chi connectivity index (χ4n) is 3.20. The van der Waals surface area contributed by atoms with Crippen LogP contribution in [-0.2, 0) is 16.1 Å². The minimum atomic E-state index is -0.736. The first kappa shape index (κ1) is 17.7. The highest BCUT2D eigenvalue weighted by molar-refractivity contribution is 6.39. The van der Waals surface area contributed by atoms with Crippen LogP contribution in [0.2, 0.25) is 0 Å². The number of rotatable bonds is 3. The lowest BCUT2D eigenvalue weighted by Crippen LogP contribution is -2.54. The Bertz CT molecular complexity index is 936. The van der Waals surface area contributed by atoms with E-state index in [1.807, 2.05) is 45.9 Å². The molecule has 0 unspecified atom stereocenters. The second kappa shape index (κ2) is 6.63. The molecule has 0 atom stereocenters. The molecule has 26 heavy (non-hydrogen) atoms. The smallest absolute Gasteiger partial charge is 0.335 e. The van der Waals surface area contributed by atoms with Crippen molar-refractivity contribution in [1.29, 1.82) is 0 Å². The fraction of sp³-hybridized carbons (Fsp3) is 0.250. The number of carbonyl (C=O) groups is 3. The topological polar surface area (TPSA) is 71.4 Å². The van der Waals surface area contributed by atoms with Gasteiger partial charge in [-0.25, -0.2) is 9.69 Å². The van der Waals surface area contributed by atoms with Crippen LogP contribution in [0.4, 0.5) is 10.5 Å². The van der Waals surface area contributed by atoms with Crippen molar-refractivity contribution in [2.75, 3.05) is 4.90 Å². The van der Waals surface area contributed by atoms with Crippen LogP contribution in [0.5, 0.6) is 0 Å². The van der Waals surface area contributed by atoms with E-state index >= 15 is 0 Å². The first-order valence-electron chi connectivity index (χ1n) is 8.48. The molecule has 3 rings (SSSR count). The first-order chi connectivity index (χ1) is 12.3. The second-order valence-electron chi connectivity index (χ2n) is 6.36. The van der Waals surface area contributed by atoms with Gasteiger partial charge in [0.2, 0.25) is 0 Å². The number of nitrogens with zero attached hydrogens (tertiary/aromatic N) is 2. The van der Waals surface area contributed by atoms with Crippen LogP contribution in [0, 0.1) is 20.8 Å². The predicted molar refractivity (Wildman–Crippen MR) is 99.8 cm³/mol. The maximum absolute atomic E-state index is 12.9. The summed E-state index contributed by atoms with van der Waals surface area (Å²) in [6, 6.07) is 8.18. The van der Waals surface area contributed by atoms with E-state index in [4.69, 9.17) is 0 Å². The normalized spacial score (nSPS) is 16.4. The molecule has 1 aliphatic heterocycles. The molecule has 1 aromatic carbocycles. The highest BCUT2D eigenvalue weighted by atomic mass is 16.2. The molecule has 6 heteroatoms. The van der Waals surface area contributed by atoms with Crippen molar-refractivity contribution in [2.24, 2.45) is 0 Å². The Morgan fingerprint density at radius 2 is 1.69 bits per heavy atom. The van der Waals surface area contributed by atoms with Crippen molar-refractivity contribution in [2.45, 2.75) is 34.2 Å². The molecule has 2 aromatic rings.